The van der Waals surface area contributed by atoms with Crippen LogP contribution in [0.15, 0.2) is 181 Å². The van der Waals surface area contributed by atoms with Gasteiger partial charge >= 0.3 is 0 Å². The summed E-state index contributed by atoms with van der Waals surface area (Å²) in [4.78, 5) is 18.6. The number of nitrogens with zero attached hydrogens (tertiary/aromatic N) is 9. The maximum absolute atomic E-state index is 5.95. The van der Waals surface area contributed by atoms with E-state index in [0.717, 1.165) is 107 Å². The van der Waals surface area contributed by atoms with Gasteiger partial charge in [-0.05, 0) is 78.7 Å². The number of rotatable bonds is 7. The average molecular weight is 1060 g/mol. The topological polar surface area (TPSA) is 87.8 Å². The molecule has 7 aromatic heterocycles. The molecule has 1 radical (unpaired) electrons. The monoisotopic (exact) mass is 1060 g/mol. The number of hydrogen-bond donors (Lipinski definition) is 0. The van der Waals surface area contributed by atoms with Gasteiger partial charge in [-0.1, -0.05) is 70.7 Å². The van der Waals surface area contributed by atoms with Crippen molar-refractivity contribution in [1.29, 1.82) is 0 Å². The van der Waals surface area contributed by atoms with Crippen molar-refractivity contribution >= 4 is 49.9 Å². The number of aromatic nitrogens is 9. The first-order chi connectivity index (χ1) is 32.9. The molecule has 11 heteroatoms. The van der Waals surface area contributed by atoms with Crippen LogP contribution < -0.4 is 4.57 Å². The van der Waals surface area contributed by atoms with Gasteiger partial charge in [-0.3, -0.25) is 14.0 Å². The Morgan fingerprint density at radius 3 is 2.41 bits per heavy atom. The molecule has 6 aromatic carbocycles. The maximum Gasteiger partial charge on any atom is 0.241 e. The van der Waals surface area contributed by atoms with Gasteiger partial charge < -0.3 is 23.1 Å². The van der Waals surface area contributed by atoms with Crippen molar-refractivity contribution in [2.24, 2.45) is 14.1 Å². The minimum atomic E-state index is 0. The Morgan fingerprint density at radius 1 is 0.721 bits per heavy atom. The predicted octanol–water partition coefficient (Wildman–Crippen LogP) is 11.3. The molecule has 13 aromatic rings. The third-order valence-corrected chi connectivity index (χ3v) is 12.2. The molecule has 0 spiro atoms. The zero-order valence-electron chi connectivity index (χ0n) is 37.2. The Morgan fingerprint density at radius 2 is 1.59 bits per heavy atom. The van der Waals surface area contributed by atoms with E-state index in [0.29, 0.717) is 5.71 Å². The van der Waals surface area contributed by atoms with Crippen LogP contribution in [0.3, 0.4) is 0 Å². The Hall–Kier alpha value is -8.24. The Labute approximate surface area is 405 Å². The standard InChI is InChI=1S/C41H28N6.C16H12N3O.Ir/c1-44-28-45(32-14-4-2-5-15-32)27-34(44)24-29-21-22-38-39(25-29)47-40-35(30-12-10-13-31(26-30)36-19-8-9-23-42-36)18-11-20-37(40)43-41(47)46(38)33-16-6-3-7-17-33;1-10-6-7-12-11-4-3-5-13(14(11)20-16(12)18-10)15-17-8-9-19(15)2;/h2-12,14,16-23,25-27H,24H2,1H3;3-4,6-9H,1-2H3;/q-2;-1;. The van der Waals surface area contributed by atoms with E-state index in [9.17, 15) is 0 Å². The number of imidazole rings is 4. The van der Waals surface area contributed by atoms with Gasteiger partial charge in [0.1, 0.15) is 0 Å². The Bertz CT molecular complexity index is 3940. The molecule has 0 saturated heterocycles. The summed E-state index contributed by atoms with van der Waals surface area (Å²) in [6.45, 7) is 1.96. The van der Waals surface area contributed by atoms with Gasteiger partial charge in [-0.25, -0.2) is 9.97 Å². The van der Waals surface area contributed by atoms with E-state index in [1.165, 1.54) is 5.56 Å². The SMILES string of the molecule is C[n+]1[c-]n(-c2[c-]cccc2)cc1Cc1ccc2c(c1)n1c3c(-c4cc[c-]c(-c5ccccn5)c4)cccc3nc1n2-c1ccccc1.Cc1ccc2c(n1)oc1c(-c3nccn3C)[c-]ccc12.[Ir]. The van der Waals surface area contributed by atoms with Crippen LogP contribution >= 0.6 is 0 Å². The van der Waals surface area contributed by atoms with Crippen molar-refractivity contribution in [2.45, 2.75) is 13.3 Å². The predicted molar refractivity (Wildman–Crippen MR) is 262 cm³/mol. The molecule has 0 aliphatic rings. The molecule has 0 aliphatic heterocycles. The van der Waals surface area contributed by atoms with Gasteiger partial charge in [0, 0.05) is 74.4 Å². The van der Waals surface area contributed by atoms with Crippen molar-refractivity contribution in [3.8, 4) is 45.1 Å². The second-order valence-electron chi connectivity index (χ2n) is 16.6. The number of para-hydroxylation sites is 3. The van der Waals surface area contributed by atoms with Crippen LogP contribution in [0.25, 0.3) is 95.1 Å². The van der Waals surface area contributed by atoms with Gasteiger partial charge in [0.05, 0.1) is 40.5 Å². The summed E-state index contributed by atoms with van der Waals surface area (Å²) < 4.78 is 16.6. The fraction of sp³-hybridized carbons (Fsp3) is 0.0702. The molecule has 0 fully saturated rings. The first-order valence-corrected chi connectivity index (χ1v) is 22.0. The molecule has 0 saturated carbocycles. The number of furan rings is 1. The average Bonchev–Trinajstić information content (AvgIpc) is 4.20. The van der Waals surface area contributed by atoms with Gasteiger partial charge in [0.15, 0.2) is 0 Å². The van der Waals surface area contributed by atoms with Crippen LogP contribution in [-0.2, 0) is 40.6 Å². The molecule has 13 rings (SSSR count). The van der Waals surface area contributed by atoms with Crippen LogP contribution in [0.4, 0.5) is 0 Å². The van der Waals surface area contributed by atoms with E-state index in [-0.39, 0.29) is 20.1 Å². The molecule has 0 unspecified atom stereocenters. The van der Waals surface area contributed by atoms with Crippen molar-refractivity contribution in [2.75, 3.05) is 0 Å². The first kappa shape index (κ1) is 42.4. The molecule has 7 heterocycles. The molecule has 10 nitrogen and oxygen atoms in total. The van der Waals surface area contributed by atoms with Crippen LogP contribution in [0, 0.1) is 31.5 Å². The van der Waals surface area contributed by atoms with Crippen molar-refractivity contribution in [3.05, 3.63) is 218 Å². The maximum atomic E-state index is 5.95. The number of benzene rings is 6. The summed E-state index contributed by atoms with van der Waals surface area (Å²) >= 11 is 0. The minimum Gasteiger partial charge on any atom is -0.486 e. The second kappa shape index (κ2) is 17.5. The summed E-state index contributed by atoms with van der Waals surface area (Å²) in [6, 6.07) is 61.7. The zero-order chi connectivity index (χ0) is 45.0. The molecular weight excluding hydrogens is 1020 g/mol. The van der Waals surface area contributed by atoms with Crippen LogP contribution in [0.2, 0.25) is 0 Å². The van der Waals surface area contributed by atoms with E-state index in [1.807, 2.05) is 121 Å². The Kier molecular flexibility index (Phi) is 10.9. The van der Waals surface area contributed by atoms with Gasteiger partial charge in [0.2, 0.25) is 17.8 Å². The molecule has 0 N–H and O–H groups in total. The fourth-order valence-corrected chi connectivity index (χ4v) is 9.02. The summed E-state index contributed by atoms with van der Waals surface area (Å²) in [7, 11) is 4.00. The quantitative estimate of drug-likeness (QED) is 0.117. The van der Waals surface area contributed by atoms with E-state index in [4.69, 9.17) is 9.40 Å². The number of hydrogen-bond acceptors (Lipinski definition) is 5. The Balaban J connectivity index is 0.000000201. The van der Waals surface area contributed by atoms with Crippen molar-refractivity contribution < 1.29 is 29.1 Å². The van der Waals surface area contributed by atoms with Gasteiger partial charge in [-0.15, -0.1) is 48.0 Å². The smallest absolute Gasteiger partial charge is 0.241 e. The molecular formula is C57H40IrN9O-3. The van der Waals surface area contributed by atoms with Crippen LogP contribution in [0.5, 0.6) is 0 Å². The van der Waals surface area contributed by atoms with E-state index < -0.39 is 0 Å². The molecule has 68 heavy (non-hydrogen) atoms. The summed E-state index contributed by atoms with van der Waals surface area (Å²) in [5.41, 5.74) is 15.9. The summed E-state index contributed by atoms with van der Waals surface area (Å²) in [5, 5.41) is 2.07. The molecule has 331 valence electrons. The second-order valence-corrected chi connectivity index (χ2v) is 16.6. The van der Waals surface area contributed by atoms with Crippen molar-refractivity contribution in [3.63, 3.8) is 0 Å². The molecule has 0 amide bonds. The van der Waals surface area contributed by atoms with Crippen LogP contribution in [-0.4, -0.2) is 38.0 Å². The zero-order valence-corrected chi connectivity index (χ0v) is 39.6. The number of aryl methyl sites for hydroxylation is 3. The summed E-state index contributed by atoms with van der Waals surface area (Å²) in [6.07, 6.45) is 11.8. The third-order valence-electron chi connectivity index (χ3n) is 12.2. The number of pyridine rings is 2. The molecule has 0 bridgehead atoms. The fourth-order valence-electron chi connectivity index (χ4n) is 9.02. The number of fused-ring (bicyclic) bond motifs is 8. The summed E-state index contributed by atoms with van der Waals surface area (Å²) in [5.74, 6) is 1.72. The van der Waals surface area contributed by atoms with Crippen LogP contribution in [0.1, 0.15) is 17.0 Å². The minimum absolute atomic E-state index is 0. The van der Waals surface area contributed by atoms with Crippen molar-refractivity contribution in [1.82, 2.24) is 38.0 Å². The van der Waals surface area contributed by atoms with E-state index in [2.05, 4.69) is 132 Å². The van der Waals surface area contributed by atoms with Gasteiger partial charge in [-0.2, -0.15) is 30.3 Å². The normalized spacial score (nSPS) is 11.4. The first-order valence-electron chi connectivity index (χ1n) is 22.0. The van der Waals surface area contributed by atoms with E-state index >= 15 is 0 Å². The van der Waals surface area contributed by atoms with E-state index in [1.54, 1.807) is 6.20 Å². The van der Waals surface area contributed by atoms with Gasteiger partial charge in [0.25, 0.3) is 0 Å². The molecule has 0 aliphatic carbocycles. The third kappa shape index (κ3) is 7.48. The molecule has 0 atom stereocenters. The largest absolute Gasteiger partial charge is 0.486 e.